The van der Waals surface area contributed by atoms with Crippen LogP contribution in [0.15, 0.2) is 63.8 Å². The van der Waals surface area contributed by atoms with E-state index in [1.807, 2.05) is 0 Å². The van der Waals surface area contributed by atoms with Crippen molar-refractivity contribution in [2.75, 3.05) is 33.5 Å². The number of unbranched alkanes of at least 4 members (excludes halogenated alkanes) is 1. The first-order valence-electron chi connectivity index (χ1n) is 13.7. The van der Waals surface area contributed by atoms with E-state index in [9.17, 15) is 29.2 Å². The van der Waals surface area contributed by atoms with Crippen LogP contribution in [-0.2, 0) is 18.4 Å². The van der Waals surface area contributed by atoms with E-state index in [2.05, 4.69) is 5.32 Å². The second-order valence-corrected chi connectivity index (χ2v) is 12.3. The topological polar surface area (TPSA) is 162 Å². The van der Waals surface area contributed by atoms with E-state index < -0.39 is 13.6 Å². The van der Waals surface area contributed by atoms with Crippen LogP contribution >= 0.6 is 7.60 Å². The summed E-state index contributed by atoms with van der Waals surface area (Å²) in [7, 11) is -1.82. The molecule has 1 aliphatic carbocycles. The molecule has 0 saturated heterocycles. The lowest BCUT2D eigenvalue weighted by molar-refractivity contribution is -0.131. The van der Waals surface area contributed by atoms with Crippen molar-refractivity contribution in [1.82, 2.24) is 5.32 Å². The average molecular weight is 612 g/mol. The van der Waals surface area contributed by atoms with Crippen LogP contribution in [0.2, 0.25) is 0 Å². The summed E-state index contributed by atoms with van der Waals surface area (Å²) in [4.78, 5) is 37.2. The van der Waals surface area contributed by atoms with Crippen molar-refractivity contribution in [3.63, 3.8) is 0 Å². The average Bonchev–Trinajstić information content (AvgIpc) is 2.97. The van der Waals surface area contributed by atoms with Crippen molar-refractivity contribution < 1.29 is 42.6 Å². The van der Waals surface area contributed by atoms with Crippen LogP contribution in [0.1, 0.15) is 36.5 Å². The standard InChI is InChI=1S/C31H34NO10P/c1-19(34)41-27-12-7-21(31(37)32-13-5-4-6-20(17-33)18-40-43(3,38)39-2)14-26(27)30-24-10-8-22(35)15-28(24)42-29-16-23(36)9-11-25(29)30/h7-12,14-16,20,33,35H,4-6,13,17-18H2,1-3H3,(H,32,37). The molecule has 12 heteroatoms. The van der Waals surface area contributed by atoms with Crippen LogP contribution < -0.4 is 15.5 Å². The minimum absolute atomic E-state index is 0.0358. The van der Waals surface area contributed by atoms with Gasteiger partial charge in [-0.2, -0.15) is 0 Å². The molecule has 11 nitrogen and oxygen atoms in total. The summed E-state index contributed by atoms with van der Waals surface area (Å²) in [5.74, 6) is -0.677. The summed E-state index contributed by atoms with van der Waals surface area (Å²) in [5, 5.41) is 23.1. The number of fused-ring (bicyclic) bond motifs is 2. The summed E-state index contributed by atoms with van der Waals surface area (Å²) < 4.78 is 33.4. The van der Waals surface area contributed by atoms with Crippen molar-refractivity contribution in [2.45, 2.75) is 26.2 Å². The van der Waals surface area contributed by atoms with E-state index in [0.717, 1.165) is 0 Å². The fourth-order valence-electron chi connectivity index (χ4n) is 4.64. The first-order valence-corrected chi connectivity index (χ1v) is 15.7. The number of hydrogen-bond donors (Lipinski definition) is 3. The molecule has 2 aromatic rings. The molecule has 0 bridgehead atoms. The zero-order valence-electron chi connectivity index (χ0n) is 24.1. The molecule has 1 aliphatic heterocycles. The SMILES string of the molecule is COP(C)(=O)OCC(CO)CCCCNC(=O)c1ccc(OC(C)=O)c(-c2c3ccc(=O)cc-3oc3cc(O)ccc23)c1. The third-order valence-electron chi connectivity index (χ3n) is 6.90. The van der Waals surface area contributed by atoms with Gasteiger partial charge in [0, 0.05) is 79.5 Å². The Hall–Kier alpha value is -4.02. The van der Waals surface area contributed by atoms with E-state index in [4.69, 9.17) is 18.2 Å². The van der Waals surface area contributed by atoms with Crippen molar-refractivity contribution in [3.05, 3.63) is 70.4 Å². The lowest BCUT2D eigenvalue weighted by Crippen LogP contribution is -2.24. The van der Waals surface area contributed by atoms with Crippen molar-refractivity contribution >= 4 is 30.4 Å². The van der Waals surface area contributed by atoms with Crippen LogP contribution in [0.3, 0.4) is 0 Å². The van der Waals surface area contributed by atoms with Gasteiger partial charge in [0.25, 0.3) is 5.91 Å². The molecule has 2 aromatic carbocycles. The molecule has 3 N–H and O–H groups in total. The highest BCUT2D eigenvalue weighted by Gasteiger charge is 2.23. The molecule has 43 heavy (non-hydrogen) atoms. The van der Waals surface area contributed by atoms with Crippen molar-refractivity contribution in [1.29, 1.82) is 0 Å². The van der Waals surface area contributed by atoms with Crippen molar-refractivity contribution in [3.8, 4) is 33.9 Å². The highest BCUT2D eigenvalue weighted by atomic mass is 31.2. The molecule has 1 amide bonds. The lowest BCUT2D eigenvalue weighted by Gasteiger charge is -2.18. The number of rotatable bonds is 13. The number of phenolic OH excluding ortho intramolecular Hbond substituents is 1. The second kappa shape index (κ2) is 14.0. The molecule has 1 heterocycles. The summed E-state index contributed by atoms with van der Waals surface area (Å²) >= 11 is 0. The van der Waals surface area contributed by atoms with Gasteiger partial charge >= 0.3 is 13.6 Å². The number of carbonyl (C=O) groups is 2. The Labute approximate surface area is 248 Å². The molecular formula is C31H34NO10P. The Kier molecular flexibility index (Phi) is 10.4. The summed E-state index contributed by atoms with van der Waals surface area (Å²) in [5.41, 5.74) is 1.88. The first kappa shape index (κ1) is 31.9. The molecule has 0 fully saturated rings. The fourth-order valence-corrected chi connectivity index (χ4v) is 5.23. The van der Waals surface area contributed by atoms with E-state index in [1.165, 1.54) is 51.0 Å². The monoisotopic (exact) mass is 611 g/mol. The highest BCUT2D eigenvalue weighted by molar-refractivity contribution is 7.52. The number of nitrogens with one attached hydrogen (secondary N) is 1. The molecule has 2 aliphatic rings. The molecule has 4 rings (SSSR count). The van der Waals surface area contributed by atoms with Gasteiger partial charge in [-0.25, -0.2) is 0 Å². The van der Waals surface area contributed by atoms with Gasteiger partial charge in [-0.15, -0.1) is 0 Å². The van der Waals surface area contributed by atoms with E-state index in [-0.39, 0.29) is 47.7 Å². The third kappa shape index (κ3) is 8.09. The van der Waals surface area contributed by atoms with Crippen LogP contribution in [0.5, 0.6) is 11.5 Å². The summed E-state index contributed by atoms with van der Waals surface area (Å²) in [6.45, 7) is 2.99. The Morgan fingerprint density at radius 1 is 1.05 bits per heavy atom. The number of aliphatic hydroxyl groups excluding tert-OH is 1. The number of ether oxygens (including phenoxy) is 1. The van der Waals surface area contributed by atoms with E-state index in [0.29, 0.717) is 59.0 Å². The fraction of sp³-hybridized carbons (Fsp3) is 0.323. The number of aliphatic hydroxyl groups is 1. The van der Waals surface area contributed by atoms with Crippen LogP contribution in [0.25, 0.3) is 33.4 Å². The predicted molar refractivity (Wildman–Crippen MR) is 161 cm³/mol. The maximum absolute atomic E-state index is 13.2. The minimum Gasteiger partial charge on any atom is -0.508 e. The van der Waals surface area contributed by atoms with Gasteiger partial charge in [0.2, 0.25) is 0 Å². The number of amides is 1. The van der Waals surface area contributed by atoms with Gasteiger partial charge in [-0.1, -0.05) is 6.42 Å². The maximum atomic E-state index is 13.2. The molecule has 0 aromatic heterocycles. The molecule has 2 atom stereocenters. The number of aromatic hydroxyl groups is 1. The van der Waals surface area contributed by atoms with E-state index in [1.54, 1.807) is 24.3 Å². The quantitative estimate of drug-likeness (QED) is 0.0603. The number of benzene rings is 3. The molecule has 0 saturated carbocycles. The zero-order chi connectivity index (χ0) is 31.1. The normalized spacial score (nSPS) is 13.5. The largest absolute Gasteiger partial charge is 0.508 e. The number of hydrogen-bond acceptors (Lipinski definition) is 10. The first-order chi connectivity index (χ1) is 20.5. The van der Waals surface area contributed by atoms with Gasteiger partial charge in [0.15, 0.2) is 5.43 Å². The molecular weight excluding hydrogens is 577 g/mol. The highest BCUT2D eigenvalue weighted by Crippen LogP contribution is 2.45. The molecule has 228 valence electrons. The maximum Gasteiger partial charge on any atom is 0.327 e. The number of esters is 1. The van der Waals surface area contributed by atoms with Gasteiger partial charge in [-0.3, -0.25) is 18.9 Å². The molecule has 0 radical (unpaired) electrons. The molecule has 0 spiro atoms. The summed E-state index contributed by atoms with van der Waals surface area (Å²) in [6.07, 6.45) is 1.93. The predicted octanol–water partition coefficient (Wildman–Crippen LogP) is 5.19. The number of carbonyl (C=O) groups excluding carboxylic acids is 2. The van der Waals surface area contributed by atoms with Crippen LogP contribution in [-0.4, -0.2) is 55.6 Å². The Balaban J connectivity index is 1.57. The summed E-state index contributed by atoms with van der Waals surface area (Å²) in [6, 6.07) is 13.6. The van der Waals surface area contributed by atoms with Crippen LogP contribution in [0.4, 0.5) is 0 Å². The zero-order valence-corrected chi connectivity index (χ0v) is 25.0. The minimum atomic E-state index is -3.13. The number of phenols is 1. The smallest absolute Gasteiger partial charge is 0.327 e. The Morgan fingerprint density at radius 2 is 1.84 bits per heavy atom. The van der Waals surface area contributed by atoms with Crippen LogP contribution in [0, 0.1) is 5.92 Å². The third-order valence-corrected chi connectivity index (χ3v) is 8.18. The van der Waals surface area contributed by atoms with Gasteiger partial charge < -0.3 is 33.7 Å². The van der Waals surface area contributed by atoms with E-state index >= 15 is 0 Å². The lowest BCUT2D eigenvalue weighted by atomic mass is 9.92. The van der Waals surface area contributed by atoms with Gasteiger partial charge in [-0.05, 0) is 55.3 Å². The van der Waals surface area contributed by atoms with Gasteiger partial charge in [0.1, 0.15) is 22.8 Å². The Morgan fingerprint density at radius 3 is 2.56 bits per heavy atom. The van der Waals surface area contributed by atoms with Gasteiger partial charge in [0.05, 0.1) is 6.61 Å². The van der Waals surface area contributed by atoms with Crippen molar-refractivity contribution in [2.24, 2.45) is 5.92 Å². The molecule has 2 unspecified atom stereocenters. The second-order valence-electron chi connectivity index (χ2n) is 10.2. The Bertz CT molecular complexity index is 1700.